The molecule has 0 aromatic heterocycles. The number of anilines is 1. The summed E-state index contributed by atoms with van der Waals surface area (Å²) in [7, 11) is -2.70. The van der Waals surface area contributed by atoms with Crippen molar-refractivity contribution in [3.63, 3.8) is 0 Å². The average molecular weight is 481 g/mol. The first-order valence-electron chi connectivity index (χ1n) is 10.7. The van der Waals surface area contributed by atoms with Crippen molar-refractivity contribution in [1.82, 2.24) is 4.72 Å². The molecular formula is C26H28N2O5S. The molecule has 178 valence electrons. The van der Waals surface area contributed by atoms with Gasteiger partial charge in [0.25, 0.3) is 0 Å². The summed E-state index contributed by atoms with van der Waals surface area (Å²) in [5, 5.41) is 2.74. The fourth-order valence-electron chi connectivity index (χ4n) is 3.91. The van der Waals surface area contributed by atoms with Crippen molar-refractivity contribution in [2.45, 2.75) is 38.1 Å². The number of carbonyl (C=O) groups is 2. The molecule has 0 heterocycles. The van der Waals surface area contributed by atoms with Crippen LogP contribution in [0.3, 0.4) is 0 Å². The number of sulfonamides is 1. The average Bonchev–Trinajstić information content (AvgIpc) is 2.78. The van der Waals surface area contributed by atoms with E-state index in [1.54, 1.807) is 38.1 Å². The second-order valence-corrected chi connectivity index (χ2v) is 9.80. The largest absolute Gasteiger partial charge is 0.465 e. The molecule has 1 atom stereocenters. The minimum absolute atomic E-state index is 0.163. The predicted molar refractivity (Wildman–Crippen MR) is 131 cm³/mol. The number of ether oxygens (including phenoxy) is 1. The van der Waals surface area contributed by atoms with Gasteiger partial charge in [0.2, 0.25) is 15.9 Å². The zero-order chi connectivity index (χ0) is 24.9. The molecule has 2 N–H and O–H groups in total. The van der Waals surface area contributed by atoms with Crippen LogP contribution in [0.1, 0.15) is 32.6 Å². The molecule has 34 heavy (non-hydrogen) atoms. The zero-order valence-corrected chi connectivity index (χ0v) is 20.4. The molecule has 0 saturated carbocycles. The second kappa shape index (κ2) is 10.6. The number of benzene rings is 3. The Hall–Kier alpha value is -3.49. The van der Waals surface area contributed by atoms with E-state index in [-0.39, 0.29) is 11.3 Å². The summed E-state index contributed by atoms with van der Waals surface area (Å²) in [5.41, 5.74) is 3.76. The van der Waals surface area contributed by atoms with Gasteiger partial charge in [-0.25, -0.2) is 13.2 Å². The second-order valence-electron chi connectivity index (χ2n) is 8.15. The Morgan fingerprint density at radius 3 is 2.06 bits per heavy atom. The van der Waals surface area contributed by atoms with E-state index >= 15 is 0 Å². The molecule has 3 rings (SSSR count). The van der Waals surface area contributed by atoms with Gasteiger partial charge >= 0.3 is 5.97 Å². The van der Waals surface area contributed by atoms with Gasteiger partial charge in [-0.15, -0.1) is 0 Å². The van der Waals surface area contributed by atoms with Crippen molar-refractivity contribution in [2.24, 2.45) is 0 Å². The highest BCUT2D eigenvalue weighted by molar-refractivity contribution is 7.89. The highest BCUT2D eigenvalue weighted by atomic mass is 32.2. The van der Waals surface area contributed by atoms with Gasteiger partial charge in [0.05, 0.1) is 17.6 Å². The van der Waals surface area contributed by atoms with Crippen molar-refractivity contribution in [3.05, 3.63) is 94.5 Å². The van der Waals surface area contributed by atoms with Crippen molar-refractivity contribution in [2.75, 3.05) is 12.4 Å². The van der Waals surface area contributed by atoms with Crippen LogP contribution in [0, 0.1) is 20.8 Å². The maximum atomic E-state index is 13.4. The zero-order valence-electron chi connectivity index (χ0n) is 19.6. The molecule has 0 fully saturated rings. The van der Waals surface area contributed by atoms with E-state index in [0.29, 0.717) is 22.4 Å². The lowest BCUT2D eigenvalue weighted by Crippen LogP contribution is -2.45. The molecular weight excluding hydrogens is 452 g/mol. The molecule has 0 aliphatic heterocycles. The maximum absolute atomic E-state index is 13.4. The summed E-state index contributed by atoms with van der Waals surface area (Å²) in [4.78, 5) is 25.0. The summed E-state index contributed by atoms with van der Waals surface area (Å²) < 4.78 is 34.0. The minimum Gasteiger partial charge on any atom is -0.465 e. The van der Waals surface area contributed by atoms with E-state index in [1.807, 2.05) is 37.3 Å². The highest BCUT2D eigenvalue weighted by Crippen LogP contribution is 2.22. The first-order chi connectivity index (χ1) is 16.1. The molecule has 0 aliphatic rings. The third-order valence-corrected chi connectivity index (χ3v) is 7.12. The smallest absolute Gasteiger partial charge is 0.337 e. The number of methoxy groups -OCH3 is 1. The monoisotopic (exact) mass is 480 g/mol. The molecule has 8 heteroatoms. The van der Waals surface area contributed by atoms with Gasteiger partial charge in [-0.2, -0.15) is 4.72 Å². The molecule has 0 spiro atoms. The maximum Gasteiger partial charge on any atom is 0.337 e. The molecule has 1 amide bonds. The van der Waals surface area contributed by atoms with Crippen LogP contribution >= 0.6 is 0 Å². The van der Waals surface area contributed by atoms with Gasteiger partial charge in [0.15, 0.2) is 0 Å². The third-order valence-electron chi connectivity index (χ3n) is 5.34. The van der Waals surface area contributed by atoms with Crippen molar-refractivity contribution in [1.29, 1.82) is 0 Å². The van der Waals surface area contributed by atoms with Crippen LogP contribution in [0.25, 0.3) is 0 Å². The Bertz CT molecular complexity index is 1260. The number of hydrogen-bond acceptors (Lipinski definition) is 5. The molecule has 7 nitrogen and oxygen atoms in total. The number of rotatable bonds is 8. The van der Waals surface area contributed by atoms with Crippen molar-refractivity contribution < 1.29 is 22.7 Å². The van der Waals surface area contributed by atoms with E-state index in [4.69, 9.17) is 0 Å². The van der Waals surface area contributed by atoms with E-state index in [1.165, 1.54) is 19.2 Å². The van der Waals surface area contributed by atoms with Crippen molar-refractivity contribution in [3.8, 4) is 0 Å². The fourth-order valence-corrected chi connectivity index (χ4v) is 5.56. The van der Waals surface area contributed by atoms with Crippen LogP contribution in [-0.2, 0) is 26.0 Å². The van der Waals surface area contributed by atoms with Gasteiger partial charge in [-0.05, 0) is 68.1 Å². The Labute approximate surface area is 200 Å². The number of carbonyl (C=O) groups excluding carboxylic acids is 2. The Balaban J connectivity index is 1.89. The number of esters is 1. The van der Waals surface area contributed by atoms with E-state index in [2.05, 4.69) is 14.8 Å². The standard InChI is InChI=1S/C26H28N2O5S/c1-17-14-18(2)24(19(3)15-17)34(31,32)28-23(16-20-8-6-5-7-9-20)25(29)27-22-12-10-21(11-13-22)26(30)33-4/h5-15,23,28H,16H2,1-4H3,(H,27,29)/t23-/m0/s1. The number of aryl methyl sites for hydroxylation is 3. The van der Waals surface area contributed by atoms with Crippen LogP contribution in [0.2, 0.25) is 0 Å². The quantitative estimate of drug-likeness (QED) is 0.476. The van der Waals surface area contributed by atoms with Gasteiger partial charge in [0, 0.05) is 5.69 Å². The molecule has 0 aliphatic carbocycles. The normalized spacial score (nSPS) is 12.1. The number of hydrogen-bond donors (Lipinski definition) is 2. The van der Waals surface area contributed by atoms with Crippen LogP contribution in [0.4, 0.5) is 5.69 Å². The SMILES string of the molecule is COC(=O)c1ccc(NC(=O)[C@H](Cc2ccccc2)NS(=O)(=O)c2c(C)cc(C)cc2C)cc1. The van der Waals surface area contributed by atoms with Gasteiger partial charge in [0.1, 0.15) is 6.04 Å². The lowest BCUT2D eigenvalue weighted by atomic mass is 10.1. The van der Waals surface area contributed by atoms with Crippen LogP contribution < -0.4 is 10.0 Å². The molecule has 0 radical (unpaired) electrons. The van der Waals surface area contributed by atoms with Crippen LogP contribution in [0.15, 0.2) is 71.6 Å². The lowest BCUT2D eigenvalue weighted by molar-refractivity contribution is -0.117. The number of amides is 1. The third kappa shape index (κ3) is 6.09. The highest BCUT2D eigenvalue weighted by Gasteiger charge is 2.28. The first kappa shape index (κ1) is 25.1. The van der Waals surface area contributed by atoms with Crippen molar-refractivity contribution >= 4 is 27.6 Å². The number of nitrogens with one attached hydrogen (secondary N) is 2. The summed E-state index contributed by atoms with van der Waals surface area (Å²) in [5.74, 6) is -1.00. The van der Waals surface area contributed by atoms with E-state index in [9.17, 15) is 18.0 Å². The summed E-state index contributed by atoms with van der Waals surface area (Å²) >= 11 is 0. The van der Waals surface area contributed by atoms with E-state index < -0.39 is 27.9 Å². The van der Waals surface area contributed by atoms with Gasteiger partial charge in [-0.1, -0.05) is 48.0 Å². The Morgan fingerprint density at radius 2 is 1.50 bits per heavy atom. The molecule has 0 unspecified atom stereocenters. The van der Waals surface area contributed by atoms with Gasteiger partial charge < -0.3 is 10.1 Å². The van der Waals surface area contributed by atoms with Crippen LogP contribution in [0.5, 0.6) is 0 Å². The molecule has 3 aromatic carbocycles. The summed E-state index contributed by atoms with van der Waals surface area (Å²) in [6.07, 6.45) is 0.163. The predicted octanol–water partition coefficient (Wildman–Crippen LogP) is 3.93. The van der Waals surface area contributed by atoms with E-state index in [0.717, 1.165) is 11.1 Å². The summed E-state index contributed by atoms with van der Waals surface area (Å²) in [6, 6.07) is 17.9. The van der Waals surface area contributed by atoms with Crippen LogP contribution in [-0.4, -0.2) is 33.4 Å². The first-order valence-corrected chi connectivity index (χ1v) is 12.2. The minimum atomic E-state index is -3.99. The van der Waals surface area contributed by atoms with Gasteiger partial charge in [-0.3, -0.25) is 4.79 Å². The fraction of sp³-hybridized carbons (Fsp3) is 0.231. The Kier molecular flexibility index (Phi) is 7.86. The molecule has 0 saturated heterocycles. The summed E-state index contributed by atoms with van der Waals surface area (Å²) in [6.45, 7) is 5.38. The molecule has 3 aromatic rings. The Morgan fingerprint density at radius 1 is 0.912 bits per heavy atom. The topological polar surface area (TPSA) is 102 Å². The molecule has 0 bridgehead atoms. The lowest BCUT2D eigenvalue weighted by Gasteiger charge is -2.21.